The number of amides is 1. The summed E-state index contributed by atoms with van der Waals surface area (Å²) in [5.41, 5.74) is 0.292. The van der Waals surface area contributed by atoms with Crippen LogP contribution in [-0.4, -0.2) is 31.1 Å². The van der Waals surface area contributed by atoms with Crippen molar-refractivity contribution in [3.63, 3.8) is 0 Å². The van der Waals surface area contributed by atoms with Gasteiger partial charge in [0, 0.05) is 13.0 Å². The van der Waals surface area contributed by atoms with E-state index in [0.717, 1.165) is 4.90 Å². The Morgan fingerprint density at radius 3 is 2.61 bits per heavy atom. The van der Waals surface area contributed by atoms with Gasteiger partial charge in [-0.05, 0) is 6.07 Å². The molecule has 1 saturated heterocycles. The zero-order valence-corrected chi connectivity index (χ0v) is 11.1. The Kier molecular flexibility index (Phi) is 3.48. The number of aromatic nitrogens is 1. The van der Waals surface area contributed by atoms with Gasteiger partial charge >= 0.3 is 10.2 Å². The smallest absolute Gasteiger partial charge is 0.307 e. The van der Waals surface area contributed by atoms with Gasteiger partial charge in [-0.1, -0.05) is 23.2 Å². The molecule has 9 heteroatoms. The van der Waals surface area contributed by atoms with Crippen molar-refractivity contribution in [2.24, 2.45) is 0 Å². The summed E-state index contributed by atoms with van der Waals surface area (Å²) in [7, 11) is -4.74. The van der Waals surface area contributed by atoms with Gasteiger partial charge in [-0.15, -0.1) is 3.89 Å². The molecule has 1 aliphatic rings. The van der Waals surface area contributed by atoms with Gasteiger partial charge < -0.3 is 4.90 Å². The Labute approximate surface area is 113 Å². The zero-order valence-electron chi connectivity index (χ0n) is 8.81. The molecule has 5 nitrogen and oxygen atoms in total. The van der Waals surface area contributed by atoms with Gasteiger partial charge in [0.15, 0.2) is 0 Å². The number of anilines is 1. The van der Waals surface area contributed by atoms with Crippen LogP contribution in [0.2, 0.25) is 10.2 Å². The second-order valence-electron chi connectivity index (χ2n) is 3.77. The summed E-state index contributed by atoms with van der Waals surface area (Å²) in [5.74, 6) is -0.499. The Bertz CT molecular complexity index is 608. The first-order chi connectivity index (χ1) is 8.29. The number of nitrogens with zero attached hydrogens (tertiary/aromatic N) is 2. The highest BCUT2D eigenvalue weighted by atomic mass is 35.5. The van der Waals surface area contributed by atoms with Crippen LogP contribution < -0.4 is 4.90 Å². The van der Waals surface area contributed by atoms with Crippen molar-refractivity contribution in [3.05, 3.63) is 22.4 Å². The number of hydrogen-bond acceptors (Lipinski definition) is 4. The van der Waals surface area contributed by atoms with Gasteiger partial charge in [0.2, 0.25) is 5.91 Å². The Hall–Kier alpha value is -0.920. The van der Waals surface area contributed by atoms with Gasteiger partial charge in [-0.2, -0.15) is 8.42 Å². The Morgan fingerprint density at radius 1 is 1.44 bits per heavy atom. The van der Waals surface area contributed by atoms with Gasteiger partial charge in [0.1, 0.15) is 10.4 Å². The summed E-state index contributed by atoms with van der Waals surface area (Å²) in [6.07, 6.45) is 0.887. The number of rotatable bonds is 2. The maximum Gasteiger partial charge on any atom is 0.307 e. The summed E-state index contributed by atoms with van der Waals surface area (Å²) in [4.78, 5) is 16.5. The summed E-state index contributed by atoms with van der Waals surface area (Å²) in [6, 6.07) is 1.38. The molecule has 1 aliphatic heterocycles. The lowest BCUT2D eigenvalue weighted by molar-refractivity contribution is -0.117. The molecular weight excluding hydrogens is 306 g/mol. The first-order valence-electron chi connectivity index (χ1n) is 4.84. The fraction of sp³-hybridized carbons (Fsp3) is 0.333. The van der Waals surface area contributed by atoms with E-state index < -0.39 is 21.4 Å². The molecule has 1 aromatic rings. The molecule has 1 aromatic heterocycles. The fourth-order valence-electron chi connectivity index (χ4n) is 1.67. The summed E-state index contributed by atoms with van der Waals surface area (Å²) < 4.78 is 34.4. The highest BCUT2D eigenvalue weighted by Gasteiger charge is 2.39. The van der Waals surface area contributed by atoms with Gasteiger partial charge in [-0.3, -0.25) is 4.79 Å². The molecule has 1 atom stereocenters. The van der Waals surface area contributed by atoms with Crippen molar-refractivity contribution in [2.75, 3.05) is 11.4 Å². The minimum Gasteiger partial charge on any atom is -0.309 e. The molecule has 0 saturated carbocycles. The third kappa shape index (κ3) is 2.57. The molecule has 98 valence electrons. The molecule has 0 bridgehead atoms. The first-order valence-corrected chi connectivity index (χ1v) is 7.04. The number of hydrogen-bond donors (Lipinski definition) is 0. The molecule has 1 fully saturated rings. The lowest BCUT2D eigenvalue weighted by atomic mass is 10.4. The number of halogens is 3. The van der Waals surface area contributed by atoms with Crippen molar-refractivity contribution < 1.29 is 17.1 Å². The van der Waals surface area contributed by atoms with E-state index in [0.29, 0.717) is 5.69 Å². The highest BCUT2D eigenvalue weighted by molar-refractivity contribution is 7.87. The zero-order chi connectivity index (χ0) is 13.5. The molecule has 2 heterocycles. The lowest BCUT2D eigenvalue weighted by Crippen LogP contribution is -2.27. The normalized spacial score (nSPS) is 20.5. The van der Waals surface area contributed by atoms with Crippen LogP contribution in [0.4, 0.5) is 9.57 Å². The number of pyridine rings is 1. The standard InChI is InChI=1S/C9H7Cl2FN2O3S/c10-7-1-5(3-13-9(7)11)14-4-6(2-8(14)15)18(12,16)17/h1,3,6H,2,4H2. The third-order valence-electron chi connectivity index (χ3n) is 2.58. The van der Waals surface area contributed by atoms with Crippen LogP contribution in [0.15, 0.2) is 12.3 Å². The monoisotopic (exact) mass is 312 g/mol. The molecule has 1 unspecified atom stereocenters. The molecule has 18 heavy (non-hydrogen) atoms. The van der Waals surface area contributed by atoms with Gasteiger partial charge in [0.25, 0.3) is 0 Å². The van der Waals surface area contributed by atoms with Crippen molar-refractivity contribution >= 4 is 45.0 Å². The summed E-state index contributed by atoms with van der Waals surface area (Å²) in [5, 5.41) is -1.14. The fourth-order valence-corrected chi connectivity index (χ4v) is 2.60. The van der Waals surface area contributed by atoms with Gasteiger partial charge in [0.05, 0.1) is 16.9 Å². The summed E-state index contributed by atoms with van der Waals surface area (Å²) >= 11 is 11.4. The van der Waals surface area contributed by atoms with E-state index in [1.54, 1.807) is 0 Å². The largest absolute Gasteiger partial charge is 0.309 e. The van der Waals surface area contributed by atoms with E-state index in [2.05, 4.69) is 4.98 Å². The SMILES string of the molecule is O=C1CC(S(=O)(=O)F)CN1c1cnc(Cl)c(Cl)c1. The van der Waals surface area contributed by atoms with Crippen molar-refractivity contribution in [2.45, 2.75) is 11.7 Å². The molecule has 0 aliphatic carbocycles. The maximum atomic E-state index is 12.8. The topological polar surface area (TPSA) is 67.3 Å². The molecule has 0 radical (unpaired) electrons. The minimum absolute atomic E-state index is 0.0710. The lowest BCUT2D eigenvalue weighted by Gasteiger charge is -2.15. The second-order valence-corrected chi connectivity index (χ2v) is 6.16. The van der Waals surface area contributed by atoms with E-state index in [4.69, 9.17) is 23.2 Å². The van der Waals surface area contributed by atoms with Gasteiger partial charge in [-0.25, -0.2) is 4.98 Å². The molecule has 0 spiro atoms. The van der Waals surface area contributed by atoms with Crippen LogP contribution in [0, 0.1) is 0 Å². The predicted octanol–water partition coefficient (Wildman–Crippen LogP) is 1.79. The molecule has 2 rings (SSSR count). The van der Waals surface area contributed by atoms with Crippen LogP contribution in [0.1, 0.15) is 6.42 Å². The van der Waals surface area contributed by atoms with E-state index in [9.17, 15) is 17.1 Å². The first kappa shape index (κ1) is 13.5. The van der Waals surface area contributed by atoms with Crippen molar-refractivity contribution in [3.8, 4) is 0 Å². The van der Waals surface area contributed by atoms with E-state index in [1.807, 2.05) is 0 Å². The van der Waals surface area contributed by atoms with Crippen molar-refractivity contribution in [1.29, 1.82) is 0 Å². The predicted molar refractivity (Wildman–Crippen MR) is 65.0 cm³/mol. The molecule has 1 amide bonds. The second kappa shape index (κ2) is 4.64. The van der Waals surface area contributed by atoms with Crippen LogP contribution in [0.3, 0.4) is 0 Å². The Balaban J connectivity index is 2.30. The number of carbonyl (C=O) groups excluding carboxylic acids is 1. The maximum absolute atomic E-state index is 12.8. The van der Waals surface area contributed by atoms with Crippen LogP contribution in [0.5, 0.6) is 0 Å². The minimum atomic E-state index is -4.74. The van der Waals surface area contributed by atoms with Crippen LogP contribution in [-0.2, 0) is 15.0 Å². The average molecular weight is 313 g/mol. The highest BCUT2D eigenvalue weighted by Crippen LogP contribution is 2.29. The van der Waals surface area contributed by atoms with Crippen LogP contribution in [0.25, 0.3) is 0 Å². The Morgan fingerprint density at radius 2 is 2.11 bits per heavy atom. The number of carbonyl (C=O) groups is 1. The van der Waals surface area contributed by atoms with E-state index >= 15 is 0 Å². The molecule has 0 aromatic carbocycles. The van der Waals surface area contributed by atoms with Crippen LogP contribution >= 0.6 is 23.2 Å². The molecule has 0 N–H and O–H groups in total. The average Bonchev–Trinajstić information content (AvgIpc) is 2.64. The quantitative estimate of drug-likeness (QED) is 0.617. The van der Waals surface area contributed by atoms with Crippen molar-refractivity contribution in [1.82, 2.24) is 4.98 Å². The van der Waals surface area contributed by atoms with E-state index in [1.165, 1.54) is 12.3 Å². The summed E-state index contributed by atoms with van der Waals surface area (Å²) in [6.45, 7) is -0.253. The molecular formula is C9H7Cl2FN2O3S. The third-order valence-corrected chi connectivity index (χ3v) is 4.38. The van der Waals surface area contributed by atoms with E-state index in [-0.39, 0.29) is 23.1 Å².